The summed E-state index contributed by atoms with van der Waals surface area (Å²) in [5, 5.41) is 8.25. The largest absolute Gasteiger partial charge is 0.451 e. The highest BCUT2D eigenvalue weighted by molar-refractivity contribution is 5.99. The summed E-state index contributed by atoms with van der Waals surface area (Å²) in [7, 11) is 0. The Balaban J connectivity index is 1.59. The van der Waals surface area contributed by atoms with Gasteiger partial charge >= 0.3 is 0 Å². The van der Waals surface area contributed by atoms with Gasteiger partial charge in [0.1, 0.15) is 18.2 Å². The van der Waals surface area contributed by atoms with Gasteiger partial charge in [0.15, 0.2) is 5.76 Å². The van der Waals surface area contributed by atoms with Crippen LogP contribution in [-0.2, 0) is 6.54 Å². The van der Waals surface area contributed by atoms with Gasteiger partial charge in [-0.2, -0.15) is 5.10 Å². The average Bonchev–Trinajstić information content (AvgIpc) is 3.34. The first-order valence-corrected chi connectivity index (χ1v) is 9.30. The Labute approximate surface area is 163 Å². The van der Waals surface area contributed by atoms with Crippen molar-refractivity contribution in [3.05, 3.63) is 83.6 Å². The lowest BCUT2D eigenvalue weighted by Crippen LogP contribution is -2.29. The van der Waals surface area contributed by atoms with Crippen molar-refractivity contribution in [1.29, 1.82) is 0 Å². The number of hydrogen-bond acceptors (Lipinski definition) is 4. The number of aromatic nitrogens is 3. The molecule has 0 aliphatic heterocycles. The van der Waals surface area contributed by atoms with Crippen molar-refractivity contribution < 1.29 is 9.21 Å². The summed E-state index contributed by atoms with van der Waals surface area (Å²) >= 11 is 0. The maximum absolute atomic E-state index is 13.0. The summed E-state index contributed by atoms with van der Waals surface area (Å²) in [6, 6.07) is 15.7. The van der Waals surface area contributed by atoms with Crippen LogP contribution in [0.4, 0.5) is 0 Å². The molecular weight excluding hydrogens is 352 g/mol. The monoisotopic (exact) mass is 374 g/mol. The molecule has 142 valence electrons. The van der Waals surface area contributed by atoms with Crippen LogP contribution < -0.4 is 5.32 Å². The van der Waals surface area contributed by atoms with Crippen LogP contribution in [0.2, 0.25) is 0 Å². The van der Waals surface area contributed by atoms with E-state index in [4.69, 9.17) is 4.42 Å². The van der Waals surface area contributed by atoms with E-state index in [1.54, 1.807) is 11.0 Å². The van der Waals surface area contributed by atoms with Crippen molar-refractivity contribution in [3.8, 4) is 0 Å². The summed E-state index contributed by atoms with van der Waals surface area (Å²) in [4.78, 5) is 17.0. The van der Waals surface area contributed by atoms with Crippen molar-refractivity contribution in [3.63, 3.8) is 0 Å². The van der Waals surface area contributed by atoms with Crippen molar-refractivity contribution in [2.45, 2.75) is 32.9 Å². The van der Waals surface area contributed by atoms with Crippen LogP contribution in [0.1, 0.15) is 39.7 Å². The molecule has 1 N–H and O–H groups in total. The smallest absolute Gasteiger partial charge is 0.287 e. The van der Waals surface area contributed by atoms with Crippen molar-refractivity contribution >= 4 is 16.9 Å². The number of aryl methyl sites for hydroxylation is 3. The first-order chi connectivity index (χ1) is 13.6. The summed E-state index contributed by atoms with van der Waals surface area (Å²) in [6.45, 7) is 4.60. The van der Waals surface area contributed by atoms with Crippen LogP contribution in [0.25, 0.3) is 11.0 Å². The number of amides is 1. The molecule has 2 aromatic carbocycles. The number of fused-ring (bicyclic) bond motifs is 1. The molecule has 0 radical (unpaired) electrons. The van der Waals surface area contributed by atoms with E-state index in [0.29, 0.717) is 18.7 Å². The lowest BCUT2D eigenvalue weighted by Gasteiger charge is -2.19. The molecule has 0 saturated heterocycles. The third kappa shape index (κ3) is 3.67. The van der Waals surface area contributed by atoms with Gasteiger partial charge < -0.3 is 9.73 Å². The molecule has 0 saturated carbocycles. The molecule has 2 heterocycles. The molecule has 28 heavy (non-hydrogen) atoms. The van der Waals surface area contributed by atoms with Gasteiger partial charge in [-0.3, -0.25) is 9.48 Å². The van der Waals surface area contributed by atoms with E-state index in [1.807, 2.05) is 62.4 Å². The van der Waals surface area contributed by atoms with Crippen LogP contribution in [-0.4, -0.2) is 20.7 Å². The van der Waals surface area contributed by atoms with Crippen molar-refractivity contribution in [2.24, 2.45) is 0 Å². The molecule has 0 fully saturated rings. The molecule has 4 rings (SSSR count). The van der Waals surface area contributed by atoms with Crippen molar-refractivity contribution in [2.75, 3.05) is 0 Å². The number of hydrogen-bond donors (Lipinski definition) is 1. The molecule has 2 aromatic heterocycles. The zero-order chi connectivity index (χ0) is 19.5. The number of furan rings is 1. The molecular formula is C22H22N4O2. The maximum atomic E-state index is 13.0. The highest BCUT2D eigenvalue weighted by atomic mass is 16.3. The number of benzene rings is 2. The van der Waals surface area contributed by atoms with E-state index in [9.17, 15) is 4.79 Å². The van der Waals surface area contributed by atoms with Gasteiger partial charge in [-0.25, -0.2) is 4.98 Å². The summed E-state index contributed by atoms with van der Waals surface area (Å²) in [5.41, 5.74) is 3.77. The fourth-order valence-corrected chi connectivity index (χ4v) is 3.39. The summed E-state index contributed by atoms with van der Waals surface area (Å²) in [6.07, 6.45) is 3.88. The first-order valence-electron chi connectivity index (χ1n) is 9.30. The van der Waals surface area contributed by atoms with E-state index in [0.717, 1.165) is 27.7 Å². The van der Waals surface area contributed by atoms with E-state index >= 15 is 0 Å². The molecule has 0 aliphatic carbocycles. The van der Waals surface area contributed by atoms with Crippen LogP contribution in [0.3, 0.4) is 0 Å². The highest BCUT2D eigenvalue weighted by Gasteiger charge is 2.21. The van der Waals surface area contributed by atoms with Gasteiger partial charge in [0, 0.05) is 17.5 Å². The van der Waals surface area contributed by atoms with Gasteiger partial charge in [0.25, 0.3) is 5.91 Å². The zero-order valence-corrected chi connectivity index (χ0v) is 15.9. The highest BCUT2D eigenvalue weighted by Crippen LogP contribution is 2.27. The minimum atomic E-state index is -0.209. The topological polar surface area (TPSA) is 73.0 Å². The fraction of sp³-hybridized carbons (Fsp3) is 0.227. The van der Waals surface area contributed by atoms with Gasteiger partial charge in [-0.1, -0.05) is 42.0 Å². The molecule has 0 spiro atoms. The average molecular weight is 374 g/mol. The molecule has 0 aliphatic rings. The Morgan fingerprint density at radius 2 is 2.00 bits per heavy atom. The predicted octanol–water partition coefficient (Wildman–Crippen LogP) is 4.20. The number of nitrogens with zero attached hydrogens (tertiary/aromatic N) is 3. The lowest BCUT2D eigenvalue weighted by atomic mass is 10.0. The van der Waals surface area contributed by atoms with E-state index in [1.165, 1.54) is 6.33 Å². The Bertz CT molecular complexity index is 1080. The van der Waals surface area contributed by atoms with Gasteiger partial charge in [-0.15, -0.1) is 0 Å². The van der Waals surface area contributed by atoms with E-state index < -0.39 is 0 Å². The van der Waals surface area contributed by atoms with E-state index in [2.05, 4.69) is 15.4 Å². The Morgan fingerprint density at radius 3 is 2.75 bits per heavy atom. The number of carbonyl (C=O) groups is 1. The minimum absolute atomic E-state index is 0.160. The lowest BCUT2D eigenvalue weighted by molar-refractivity contribution is 0.0906. The Morgan fingerprint density at radius 1 is 1.18 bits per heavy atom. The molecule has 4 aromatic rings. The first kappa shape index (κ1) is 18.0. The number of rotatable bonds is 6. The molecule has 6 nitrogen and oxygen atoms in total. The zero-order valence-electron chi connectivity index (χ0n) is 15.9. The predicted molar refractivity (Wildman–Crippen MR) is 107 cm³/mol. The van der Waals surface area contributed by atoms with Crippen LogP contribution in [0, 0.1) is 13.8 Å². The normalized spacial score (nSPS) is 12.2. The molecule has 6 heteroatoms. The Hall–Kier alpha value is -3.41. The minimum Gasteiger partial charge on any atom is -0.451 e. The van der Waals surface area contributed by atoms with Gasteiger partial charge in [0.05, 0.1) is 6.04 Å². The van der Waals surface area contributed by atoms with Gasteiger partial charge in [0.2, 0.25) is 0 Å². The van der Waals surface area contributed by atoms with Crippen LogP contribution >= 0.6 is 0 Å². The third-order valence-corrected chi connectivity index (χ3v) is 4.92. The number of carbonyl (C=O) groups excluding carboxylic acids is 1. The maximum Gasteiger partial charge on any atom is 0.287 e. The molecule has 1 amide bonds. The number of nitrogens with one attached hydrogen (secondary N) is 1. The third-order valence-electron chi connectivity index (χ3n) is 4.92. The van der Waals surface area contributed by atoms with Crippen molar-refractivity contribution in [1.82, 2.24) is 20.1 Å². The molecule has 0 bridgehead atoms. The molecule has 1 unspecified atom stereocenters. The second kappa shape index (κ2) is 7.68. The summed E-state index contributed by atoms with van der Waals surface area (Å²) < 4.78 is 7.62. The Kier molecular flexibility index (Phi) is 4.93. The standard InChI is InChI=1S/C22H22N4O2/c1-15-8-9-20-18(12-15)16(2)21(28-20)22(27)25-19(17-6-4-3-5-7-17)10-11-26-14-23-13-24-26/h3-9,12-14,19H,10-11H2,1-2H3,(H,25,27). The fourth-order valence-electron chi connectivity index (χ4n) is 3.39. The quantitative estimate of drug-likeness (QED) is 0.549. The SMILES string of the molecule is Cc1ccc2oc(C(=O)NC(CCn3cncn3)c3ccccc3)c(C)c2c1. The van der Waals surface area contributed by atoms with Crippen LogP contribution in [0.15, 0.2) is 65.6 Å². The van der Waals surface area contributed by atoms with E-state index in [-0.39, 0.29) is 11.9 Å². The second-order valence-electron chi connectivity index (χ2n) is 6.94. The summed E-state index contributed by atoms with van der Waals surface area (Å²) in [5.74, 6) is 0.154. The molecule has 1 atom stereocenters. The second-order valence-corrected chi connectivity index (χ2v) is 6.94. The van der Waals surface area contributed by atoms with Crippen LogP contribution in [0.5, 0.6) is 0 Å². The van der Waals surface area contributed by atoms with Gasteiger partial charge in [-0.05, 0) is 38.0 Å².